The number of fused-ring (bicyclic) bond motifs is 3. The molecule has 1 aliphatic rings. The monoisotopic (exact) mass is 457 g/mol. The van der Waals surface area contributed by atoms with Crippen molar-refractivity contribution in [3.63, 3.8) is 0 Å². The smallest absolute Gasteiger partial charge is 0.410 e. The van der Waals surface area contributed by atoms with E-state index in [1.807, 2.05) is 48.5 Å². The summed E-state index contributed by atoms with van der Waals surface area (Å²) in [4.78, 5) is 26.1. The molecule has 3 aromatic carbocycles. The zero-order valence-corrected chi connectivity index (χ0v) is 19.0. The summed E-state index contributed by atoms with van der Waals surface area (Å²) < 4.78 is 11.3. The van der Waals surface area contributed by atoms with Gasteiger partial charge in [-0.25, -0.2) is 9.59 Å². The summed E-state index contributed by atoms with van der Waals surface area (Å²) in [5.74, 6) is -0.648. The molecule has 174 valence electrons. The van der Waals surface area contributed by atoms with Crippen LogP contribution in [0, 0.1) is 0 Å². The van der Waals surface area contributed by atoms with Crippen LogP contribution in [0.4, 0.5) is 4.79 Å². The third-order valence-electron chi connectivity index (χ3n) is 6.12. The standard InChI is InChI=1S/C28H27NO5/c1-3-16-33-26-15-9-4-10-19(26)17-25(27(30)31)29(2)28(32)34-18-24-22-13-7-5-11-20(22)21-12-6-8-14-23(21)24/h3-15,24-25H,1,16-18H2,2H3,(H,30,31). The van der Waals surface area contributed by atoms with E-state index in [4.69, 9.17) is 9.47 Å². The van der Waals surface area contributed by atoms with Crippen molar-refractivity contribution in [2.75, 3.05) is 20.3 Å². The Labute approximate surface area is 199 Å². The molecule has 4 rings (SSSR count). The maximum Gasteiger partial charge on any atom is 0.410 e. The average molecular weight is 458 g/mol. The van der Waals surface area contributed by atoms with Gasteiger partial charge in [-0.3, -0.25) is 4.90 Å². The summed E-state index contributed by atoms with van der Waals surface area (Å²) in [6.07, 6.45) is 1.02. The molecule has 3 aromatic rings. The van der Waals surface area contributed by atoms with E-state index >= 15 is 0 Å². The third-order valence-corrected chi connectivity index (χ3v) is 6.12. The Morgan fingerprint density at radius 1 is 1.00 bits per heavy atom. The SMILES string of the molecule is C=CCOc1ccccc1CC(C(=O)O)N(C)C(=O)OCC1c2ccccc2-c2ccccc21. The summed E-state index contributed by atoms with van der Waals surface area (Å²) >= 11 is 0. The number of carbonyl (C=O) groups is 2. The van der Waals surface area contributed by atoms with Crippen molar-refractivity contribution in [2.24, 2.45) is 0 Å². The molecule has 0 bridgehead atoms. The molecule has 1 N–H and O–H groups in total. The van der Waals surface area contributed by atoms with Gasteiger partial charge >= 0.3 is 12.1 Å². The summed E-state index contributed by atoms with van der Waals surface area (Å²) in [7, 11) is 1.45. The van der Waals surface area contributed by atoms with Crippen molar-refractivity contribution < 1.29 is 24.2 Å². The second-order valence-corrected chi connectivity index (χ2v) is 8.18. The number of rotatable bonds is 9. The molecule has 34 heavy (non-hydrogen) atoms. The van der Waals surface area contributed by atoms with Gasteiger partial charge in [0.2, 0.25) is 0 Å². The van der Waals surface area contributed by atoms with E-state index in [9.17, 15) is 14.7 Å². The number of hydrogen-bond donors (Lipinski definition) is 1. The van der Waals surface area contributed by atoms with Gasteiger partial charge in [-0.1, -0.05) is 79.4 Å². The second kappa shape index (κ2) is 10.3. The van der Waals surface area contributed by atoms with E-state index in [-0.39, 0.29) is 18.9 Å². The average Bonchev–Trinajstić information content (AvgIpc) is 3.18. The molecule has 1 amide bonds. The fourth-order valence-corrected chi connectivity index (χ4v) is 4.38. The Bertz CT molecular complexity index is 1160. The van der Waals surface area contributed by atoms with Crippen LogP contribution in [0.1, 0.15) is 22.6 Å². The Hall–Kier alpha value is -4.06. The molecule has 6 heteroatoms. The Morgan fingerprint density at radius 2 is 1.59 bits per heavy atom. The number of aliphatic carboxylic acids is 1. The van der Waals surface area contributed by atoms with E-state index in [0.717, 1.165) is 27.2 Å². The highest BCUT2D eigenvalue weighted by atomic mass is 16.6. The molecule has 0 heterocycles. The number of likely N-dealkylation sites (N-methyl/N-ethyl adjacent to an activating group) is 1. The van der Waals surface area contributed by atoms with E-state index < -0.39 is 18.1 Å². The highest BCUT2D eigenvalue weighted by Gasteiger charge is 2.32. The highest BCUT2D eigenvalue weighted by molar-refractivity contribution is 5.81. The van der Waals surface area contributed by atoms with Crippen LogP contribution >= 0.6 is 0 Å². The highest BCUT2D eigenvalue weighted by Crippen LogP contribution is 2.44. The van der Waals surface area contributed by atoms with Gasteiger partial charge in [0.15, 0.2) is 0 Å². The minimum absolute atomic E-state index is 0.0867. The normalized spacial score (nSPS) is 12.9. The molecule has 0 spiro atoms. The van der Waals surface area contributed by atoms with Crippen molar-refractivity contribution in [2.45, 2.75) is 18.4 Å². The van der Waals surface area contributed by atoms with Gasteiger partial charge in [-0.05, 0) is 33.9 Å². The largest absolute Gasteiger partial charge is 0.489 e. The van der Waals surface area contributed by atoms with Crippen molar-refractivity contribution in [1.29, 1.82) is 0 Å². The van der Waals surface area contributed by atoms with Crippen LogP contribution in [-0.2, 0) is 16.0 Å². The van der Waals surface area contributed by atoms with E-state index in [1.54, 1.807) is 18.2 Å². The maximum absolute atomic E-state index is 12.9. The van der Waals surface area contributed by atoms with E-state index in [2.05, 4.69) is 18.7 Å². The van der Waals surface area contributed by atoms with Crippen molar-refractivity contribution in [1.82, 2.24) is 4.90 Å². The van der Waals surface area contributed by atoms with Crippen LogP contribution in [0.5, 0.6) is 5.75 Å². The van der Waals surface area contributed by atoms with Crippen molar-refractivity contribution in [3.8, 4) is 16.9 Å². The molecule has 0 fully saturated rings. The fourth-order valence-electron chi connectivity index (χ4n) is 4.38. The first-order valence-corrected chi connectivity index (χ1v) is 11.1. The van der Waals surface area contributed by atoms with Gasteiger partial charge in [0, 0.05) is 19.4 Å². The molecule has 1 unspecified atom stereocenters. The number of carboxylic acids is 1. The van der Waals surface area contributed by atoms with Crippen molar-refractivity contribution >= 4 is 12.1 Å². The van der Waals surface area contributed by atoms with Crippen LogP contribution in [0.3, 0.4) is 0 Å². The Balaban J connectivity index is 1.48. The lowest BCUT2D eigenvalue weighted by Gasteiger charge is -2.26. The van der Waals surface area contributed by atoms with Crippen LogP contribution in [0.2, 0.25) is 0 Å². The third kappa shape index (κ3) is 4.66. The van der Waals surface area contributed by atoms with E-state index in [0.29, 0.717) is 17.9 Å². The molecule has 6 nitrogen and oxygen atoms in total. The Kier molecular flexibility index (Phi) is 6.97. The molecule has 0 saturated heterocycles. The number of amides is 1. The van der Waals surface area contributed by atoms with Crippen LogP contribution in [-0.4, -0.2) is 48.4 Å². The van der Waals surface area contributed by atoms with Crippen LogP contribution in [0.25, 0.3) is 11.1 Å². The first-order chi connectivity index (χ1) is 16.5. The molecule has 1 atom stereocenters. The van der Waals surface area contributed by atoms with E-state index in [1.165, 1.54) is 7.05 Å². The molecular weight excluding hydrogens is 430 g/mol. The summed E-state index contributed by atoms with van der Waals surface area (Å²) in [6.45, 7) is 4.07. The molecule has 0 saturated carbocycles. The number of nitrogens with zero attached hydrogens (tertiary/aromatic N) is 1. The summed E-state index contributed by atoms with van der Waals surface area (Å²) in [6, 6.07) is 22.2. The zero-order chi connectivity index (χ0) is 24.1. The number of para-hydroxylation sites is 1. The minimum Gasteiger partial charge on any atom is -0.489 e. The van der Waals surface area contributed by atoms with Gasteiger partial charge in [0.1, 0.15) is 25.0 Å². The lowest BCUT2D eigenvalue weighted by molar-refractivity contribution is -0.142. The Morgan fingerprint density at radius 3 is 2.21 bits per heavy atom. The van der Waals surface area contributed by atoms with Crippen molar-refractivity contribution in [3.05, 3.63) is 102 Å². The maximum atomic E-state index is 12.9. The predicted octanol–water partition coefficient (Wildman–Crippen LogP) is 5.13. The minimum atomic E-state index is -1.12. The lowest BCUT2D eigenvalue weighted by atomic mass is 9.98. The number of benzene rings is 3. The topological polar surface area (TPSA) is 76.1 Å². The second-order valence-electron chi connectivity index (χ2n) is 8.18. The first kappa shape index (κ1) is 23.1. The molecule has 0 radical (unpaired) electrons. The number of carbonyl (C=O) groups excluding carboxylic acids is 1. The lowest BCUT2D eigenvalue weighted by Crippen LogP contribution is -2.44. The van der Waals surface area contributed by atoms with Crippen LogP contribution < -0.4 is 4.74 Å². The number of carboxylic acid groups (broad SMARTS) is 1. The molecule has 0 aliphatic heterocycles. The quantitative estimate of drug-likeness (QED) is 0.451. The number of ether oxygens (including phenoxy) is 2. The molecule has 0 aromatic heterocycles. The number of hydrogen-bond acceptors (Lipinski definition) is 4. The predicted molar refractivity (Wildman–Crippen MR) is 130 cm³/mol. The van der Waals surface area contributed by atoms with Gasteiger partial charge < -0.3 is 14.6 Å². The summed E-state index contributed by atoms with van der Waals surface area (Å²) in [5.41, 5.74) is 5.15. The first-order valence-electron chi connectivity index (χ1n) is 11.1. The van der Waals surface area contributed by atoms with Crippen LogP contribution in [0.15, 0.2) is 85.5 Å². The zero-order valence-electron chi connectivity index (χ0n) is 19.0. The van der Waals surface area contributed by atoms with Gasteiger partial charge in [0.05, 0.1) is 0 Å². The van der Waals surface area contributed by atoms with Gasteiger partial charge in [0.25, 0.3) is 0 Å². The molecule has 1 aliphatic carbocycles. The van der Waals surface area contributed by atoms with Gasteiger partial charge in [-0.2, -0.15) is 0 Å². The fraction of sp³-hybridized carbons (Fsp3) is 0.214. The molecular formula is C28H27NO5. The summed E-state index contributed by atoms with van der Waals surface area (Å²) in [5, 5.41) is 9.85. The van der Waals surface area contributed by atoms with Gasteiger partial charge in [-0.15, -0.1) is 0 Å².